The van der Waals surface area contributed by atoms with Crippen LogP contribution >= 0.6 is 11.6 Å². The molecule has 0 aliphatic heterocycles. The molecule has 1 fully saturated rings. The Hall–Kier alpha value is -0.640. The summed E-state index contributed by atoms with van der Waals surface area (Å²) in [7, 11) is 3.96. The molecule has 0 aromatic heterocycles. The van der Waals surface area contributed by atoms with E-state index in [4.69, 9.17) is 11.6 Å². The van der Waals surface area contributed by atoms with Crippen molar-refractivity contribution in [2.75, 3.05) is 14.1 Å². The first-order valence-electron chi connectivity index (χ1n) is 7.17. The van der Waals surface area contributed by atoms with E-state index in [0.717, 1.165) is 19.3 Å². The second kappa shape index (κ2) is 6.00. The number of halogens is 2. The van der Waals surface area contributed by atoms with Crippen LogP contribution in [-0.2, 0) is 0 Å². The molecule has 0 bridgehead atoms. The number of benzene rings is 1. The highest BCUT2D eigenvalue weighted by atomic mass is 35.5. The van der Waals surface area contributed by atoms with Gasteiger partial charge in [0.1, 0.15) is 5.82 Å². The molecule has 0 amide bonds. The van der Waals surface area contributed by atoms with Crippen molar-refractivity contribution in [2.45, 2.75) is 44.2 Å². The summed E-state index contributed by atoms with van der Waals surface area (Å²) in [5, 5.41) is 11.3. The number of aliphatic hydroxyl groups is 1. The minimum Gasteiger partial charge on any atom is -0.386 e. The highest BCUT2D eigenvalue weighted by Gasteiger charge is 2.44. The van der Waals surface area contributed by atoms with E-state index in [9.17, 15) is 9.50 Å². The average Bonchev–Trinajstić information content (AvgIpc) is 2.40. The van der Waals surface area contributed by atoms with Gasteiger partial charge in [-0.15, -0.1) is 0 Å². The molecular formula is C16H23ClFNO. The van der Waals surface area contributed by atoms with Crippen molar-refractivity contribution in [3.63, 3.8) is 0 Å². The fourth-order valence-corrected chi connectivity index (χ4v) is 3.70. The molecule has 0 heterocycles. The maximum Gasteiger partial charge on any atom is 0.123 e. The summed E-state index contributed by atoms with van der Waals surface area (Å²) in [6.45, 7) is 2.21. The third-order valence-electron chi connectivity index (χ3n) is 4.66. The topological polar surface area (TPSA) is 23.5 Å². The maximum absolute atomic E-state index is 13.5. The van der Waals surface area contributed by atoms with Crippen LogP contribution in [0.4, 0.5) is 4.39 Å². The van der Waals surface area contributed by atoms with Crippen LogP contribution in [0.25, 0.3) is 0 Å². The lowest BCUT2D eigenvalue weighted by molar-refractivity contribution is -0.0451. The van der Waals surface area contributed by atoms with E-state index in [0.29, 0.717) is 16.5 Å². The van der Waals surface area contributed by atoms with Crippen molar-refractivity contribution >= 4 is 11.6 Å². The normalized spacial score (nSPS) is 28.6. The zero-order valence-corrected chi connectivity index (χ0v) is 13.1. The number of aliphatic hydroxyl groups excluding tert-OH is 1. The van der Waals surface area contributed by atoms with Crippen molar-refractivity contribution < 1.29 is 9.50 Å². The lowest BCUT2D eigenvalue weighted by Gasteiger charge is -2.48. The molecular weight excluding hydrogens is 277 g/mol. The Bertz CT molecular complexity index is 480. The summed E-state index contributed by atoms with van der Waals surface area (Å²) in [4.78, 5) is 2.08. The van der Waals surface area contributed by atoms with Crippen molar-refractivity contribution in [3.05, 3.63) is 34.6 Å². The van der Waals surface area contributed by atoms with Crippen molar-refractivity contribution in [1.29, 1.82) is 0 Å². The lowest BCUT2D eigenvalue weighted by atomic mass is 9.71. The average molecular weight is 300 g/mol. The summed E-state index contributed by atoms with van der Waals surface area (Å²) < 4.78 is 13.5. The molecule has 20 heavy (non-hydrogen) atoms. The molecule has 3 atom stereocenters. The van der Waals surface area contributed by atoms with Gasteiger partial charge in [-0.05, 0) is 51.1 Å². The highest BCUT2D eigenvalue weighted by Crippen LogP contribution is 2.45. The molecule has 0 radical (unpaired) electrons. The Morgan fingerprint density at radius 3 is 2.75 bits per heavy atom. The minimum atomic E-state index is -0.775. The second-order valence-corrected chi connectivity index (χ2v) is 6.68. The number of rotatable bonds is 3. The Morgan fingerprint density at radius 1 is 1.45 bits per heavy atom. The Labute approximate surface area is 125 Å². The first-order valence-corrected chi connectivity index (χ1v) is 7.55. The van der Waals surface area contributed by atoms with Gasteiger partial charge in [-0.2, -0.15) is 0 Å². The van der Waals surface area contributed by atoms with Gasteiger partial charge in [-0.1, -0.05) is 31.4 Å². The lowest BCUT2D eigenvalue weighted by Crippen LogP contribution is -2.52. The van der Waals surface area contributed by atoms with Gasteiger partial charge in [0.05, 0.1) is 11.6 Å². The number of likely N-dealkylation sites (N-methyl/N-ethyl adjacent to an activating group) is 1. The van der Waals surface area contributed by atoms with Crippen LogP contribution < -0.4 is 0 Å². The molecule has 0 saturated heterocycles. The van der Waals surface area contributed by atoms with Crippen LogP contribution in [0.15, 0.2) is 18.2 Å². The minimum absolute atomic E-state index is 0.360. The molecule has 1 N–H and O–H groups in total. The first kappa shape index (κ1) is 15.7. The number of hydrogen-bond acceptors (Lipinski definition) is 2. The zero-order chi connectivity index (χ0) is 14.9. The molecule has 112 valence electrons. The smallest absolute Gasteiger partial charge is 0.123 e. The summed E-state index contributed by atoms with van der Waals surface area (Å²) in [6.07, 6.45) is 3.28. The Morgan fingerprint density at radius 2 is 2.15 bits per heavy atom. The van der Waals surface area contributed by atoms with E-state index in [-0.39, 0.29) is 11.4 Å². The quantitative estimate of drug-likeness (QED) is 0.911. The predicted octanol–water partition coefficient (Wildman–Crippen LogP) is 4.02. The molecule has 0 spiro atoms. The SMILES string of the molecule is CC1CCCC(C(O)c2cc(F)ccc2Cl)(N(C)C)C1. The molecule has 1 saturated carbocycles. The predicted molar refractivity (Wildman–Crippen MR) is 80.4 cm³/mol. The van der Waals surface area contributed by atoms with Crippen molar-refractivity contribution in [3.8, 4) is 0 Å². The third-order valence-corrected chi connectivity index (χ3v) is 5.01. The maximum atomic E-state index is 13.5. The van der Waals surface area contributed by atoms with Crippen LogP contribution in [0, 0.1) is 11.7 Å². The van der Waals surface area contributed by atoms with Crippen LogP contribution in [0.1, 0.15) is 44.3 Å². The monoisotopic (exact) mass is 299 g/mol. The van der Waals surface area contributed by atoms with Crippen LogP contribution in [0.2, 0.25) is 5.02 Å². The van der Waals surface area contributed by atoms with E-state index in [2.05, 4.69) is 11.8 Å². The van der Waals surface area contributed by atoms with E-state index in [1.807, 2.05) is 14.1 Å². The molecule has 1 aliphatic carbocycles. The first-order chi connectivity index (χ1) is 9.36. The molecule has 4 heteroatoms. The van der Waals surface area contributed by atoms with E-state index in [1.165, 1.54) is 24.6 Å². The molecule has 1 aromatic rings. The van der Waals surface area contributed by atoms with E-state index in [1.54, 1.807) is 0 Å². The summed E-state index contributed by atoms with van der Waals surface area (Å²) in [5.41, 5.74) is 0.129. The number of nitrogens with zero attached hydrogens (tertiary/aromatic N) is 1. The fraction of sp³-hybridized carbons (Fsp3) is 0.625. The van der Waals surface area contributed by atoms with Crippen molar-refractivity contribution in [2.24, 2.45) is 5.92 Å². The molecule has 2 rings (SSSR count). The fourth-order valence-electron chi connectivity index (χ4n) is 3.48. The Balaban J connectivity index is 2.41. The van der Waals surface area contributed by atoms with Gasteiger partial charge in [-0.25, -0.2) is 4.39 Å². The number of hydrogen-bond donors (Lipinski definition) is 1. The summed E-state index contributed by atoms with van der Waals surface area (Å²) >= 11 is 6.17. The van der Waals surface area contributed by atoms with Crippen molar-refractivity contribution in [1.82, 2.24) is 4.90 Å². The van der Waals surface area contributed by atoms with Crippen LogP contribution in [-0.4, -0.2) is 29.6 Å². The van der Waals surface area contributed by atoms with Gasteiger partial charge in [-0.3, -0.25) is 0 Å². The van der Waals surface area contributed by atoms with Gasteiger partial charge < -0.3 is 10.0 Å². The molecule has 1 aromatic carbocycles. The summed E-state index contributed by atoms with van der Waals surface area (Å²) in [5.74, 6) is 0.189. The van der Waals surface area contributed by atoms with Crippen LogP contribution in [0.3, 0.4) is 0 Å². The van der Waals surface area contributed by atoms with Gasteiger partial charge in [0.15, 0.2) is 0 Å². The molecule has 1 aliphatic rings. The van der Waals surface area contributed by atoms with E-state index < -0.39 is 6.10 Å². The van der Waals surface area contributed by atoms with Gasteiger partial charge >= 0.3 is 0 Å². The third kappa shape index (κ3) is 2.85. The standard InChI is InChI=1S/C16H23ClFNO/c1-11-5-4-8-16(10-11,19(2)3)15(20)13-9-12(18)6-7-14(13)17/h6-7,9,11,15,20H,4-5,8,10H2,1-3H3. The zero-order valence-electron chi connectivity index (χ0n) is 12.4. The summed E-state index contributed by atoms with van der Waals surface area (Å²) in [6, 6.07) is 4.20. The van der Waals surface area contributed by atoms with E-state index >= 15 is 0 Å². The van der Waals surface area contributed by atoms with Gasteiger partial charge in [0.25, 0.3) is 0 Å². The molecule has 3 unspecified atom stereocenters. The Kier molecular flexibility index (Phi) is 4.73. The largest absolute Gasteiger partial charge is 0.386 e. The van der Waals surface area contributed by atoms with Gasteiger partial charge in [0, 0.05) is 10.6 Å². The second-order valence-electron chi connectivity index (χ2n) is 6.27. The highest BCUT2D eigenvalue weighted by molar-refractivity contribution is 6.31. The molecule has 2 nitrogen and oxygen atoms in total. The van der Waals surface area contributed by atoms with Crippen LogP contribution in [0.5, 0.6) is 0 Å². The van der Waals surface area contributed by atoms with Gasteiger partial charge in [0.2, 0.25) is 0 Å².